The Kier molecular flexibility index (Phi) is 7.87. The van der Waals surface area contributed by atoms with E-state index in [4.69, 9.17) is 0 Å². The zero-order valence-electron chi connectivity index (χ0n) is 27.5. The lowest BCUT2D eigenvalue weighted by Crippen LogP contribution is -2.68. The highest BCUT2D eigenvalue weighted by Crippen LogP contribution is 2.76. The molecular weight excluding hydrogens is 540 g/mol. The average Bonchev–Trinajstić information content (AvgIpc) is 3.32. The van der Waals surface area contributed by atoms with Gasteiger partial charge in [0.1, 0.15) is 10.7 Å². The van der Waals surface area contributed by atoms with Crippen molar-refractivity contribution in [3.63, 3.8) is 0 Å². The van der Waals surface area contributed by atoms with E-state index < -0.39 is 10.7 Å². The summed E-state index contributed by atoms with van der Waals surface area (Å²) in [6, 6.07) is 0. The topological polar surface area (TPSA) is 69.6 Å². The maximum atomic E-state index is 11.5. The molecule has 4 saturated carbocycles. The monoisotopic (exact) mass is 600 g/mol. The SMILES string of the molecule is C=C(C)[C@@H]1CC[C@]2(NCCN3CCC([SH](=O)=O)CC3)CC[C@]3(C)[C@H](CC[C@@H]4[C@@]5(C)CC=C(O)C(C)(C)[C@@H]5CC[C@]43C)[C@@H]12. The molecule has 6 rings (SSSR count). The van der Waals surface area contributed by atoms with E-state index in [2.05, 4.69) is 64.4 Å². The third-order valence-corrected chi connectivity index (χ3v) is 16.5. The van der Waals surface area contributed by atoms with Gasteiger partial charge in [0, 0.05) is 24.0 Å². The first-order valence-corrected chi connectivity index (χ1v) is 18.6. The first-order chi connectivity index (χ1) is 19.7. The van der Waals surface area contributed by atoms with Crippen LogP contribution in [0.25, 0.3) is 0 Å². The van der Waals surface area contributed by atoms with Gasteiger partial charge in [-0.15, -0.1) is 0 Å². The number of aliphatic hydroxyl groups excluding tert-OH is 1. The van der Waals surface area contributed by atoms with E-state index >= 15 is 0 Å². The Morgan fingerprint density at radius 3 is 2.33 bits per heavy atom. The average molecular weight is 601 g/mol. The molecule has 0 aromatic heterocycles. The fraction of sp³-hybridized carbons (Fsp3) is 0.889. The number of allylic oxidation sites excluding steroid dienone is 3. The molecule has 1 aliphatic heterocycles. The molecule has 6 heteroatoms. The minimum atomic E-state index is -2.28. The molecule has 42 heavy (non-hydrogen) atoms. The van der Waals surface area contributed by atoms with Crippen LogP contribution in [0.5, 0.6) is 0 Å². The van der Waals surface area contributed by atoms with Crippen molar-refractivity contribution in [1.82, 2.24) is 10.2 Å². The standard InChI is InChI=1S/C36H60N2O3S/c1-24(2)26-10-17-36(37-20-23-38-21-13-25(14-22-38)42(40)41)19-18-34(6)27(31(26)36)8-9-29-33(5)15-12-30(39)32(3,4)28(33)11-16-35(29,34)7/h12,25-29,31,37,39,42H,1,8-11,13-23H2,2-7H3/t26-,27+,28-,29+,31+,33-,34+,35+,36-/m0/s1. The summed E-state index contributed by atoms with van der Waals surface area (Å²) in [6.07, 6.45) is 15.1. The van der Waals surface area contributed by atoms with Gasteiger partial charge in [-0.25, -0.2) is 8.42 Å². The Hall–Kier alpha value is -0.850. The Morgan fingerprint density at radius 1 is 0.952 bits per heavy atom. The molecule has 6 aliphatic rings. The summed E-state index contributed by atoms with van der Waals surface area (Å²) in [7, 11) is -2.28. The molecule has 9 atom stereocenters. The minimum absolute atomic E-state index is 0.121. The van der Waals surface area contributed by atoms with E-state index in [9.17, 15) is 13.5 Å². The smallest absolute Gasteiger partial charge is 0.143 e. The predicted octanol–water partition coefficient (Wildman–Crippen LogP) is 7.11. The highest BCUT2D eigenvalue weighted by molar-refractivity contribution is 7.73. The van der Waals surface area contributed by atoms with E-state index in [1.54, 1.807) is 0 Å². The molecule has 5 aliphatic carbocycles. The number of aliphatic hydroxyl groups is 1. The third kappa shape index (κ3) is 4.45. The Labute approximate surface area is 258 Å². The van der Waals surface area contributed by atoms with Crippen LogP contribution in [0.15, 0.2) is 24.0 Å². The van der Waals surface area contributed by atoms with E-state index in [0.717, 1.165) is 45.4 Å². The molecule has 1 heterocycles. The fourth-order valence-electron chi connectivity index (χ4n) is 12.9. The van der Waals surface area contributed by atoms with Crippen LogP contribution in [0.3, 0.4) is 0 Å². The van der Waals surface area contributed by atoms with Crippen molar-refractivity contribution in [2.75, 3.05) is 26.2 Å². The highest BCUT2D eigenvalue weighted by Gasteiger charge is 2.70. The second kappa shape index (κ2) is 10.6. The first kappa shape index (κ1) is 31.1. The maximum Gasteiger partial charge on any atom is 0.143 e. The van der Waals surface area contributed by atoms with Crippen LogP contribution in [0.1, 0.15) is 112 Å². The Bertz CT molecular complexity index is 1180. The van der Waals surface area contributed by atoms with Crippen LogP contribution in [-0.4, -0.2) is 55.4 Å². The summed E-state index contributed by atoms with van der Waals surface area (Å²) in [4.78, 5) is 2.48. The van der Waals surface area contributed by atoms with Gasteiger partial charge in [-0.05, 0) is 143 Å². The molecule has 0 bridgehead atoms. The normalized spacial score (nSPS) is 47.2. The number of thiol groups is 1. The lowest BCUT2D eigenvalue weighted by atomic mass is 9.33. The van der Waals surface area contributed by atoms with Gasteiger partial charge in [0.15, 0.2) is 0 Å². The molecule has 0 aromatic carbocycles. The summed E-state index contributed by atoms with van der Waals surface area (Å²) in [5, 5.41) is 15.0. The van der Waals surface area contributed by atoms with Crippen LogP contribution in [0, 0.1) is 51.2 Å². The number of hydrogen-bond donors (Lipinski definition) is 3. The molecule has 238 valence electrons. The zero-order valence-corrected chi connectivity index (χ0v) is 28.4. The van der Waals surface area contributed by atoms with Crippen molar-refractivity contribution >= 4 is 10.7 Å². The second-order valence-corrected chi connectivity index (χ2v) is 18.4. The van der Waals surface area contributed by atoms with Crippen molar-refractivity contribution in [3.05, 3.63) is 24.0 Å². The van der Waals surface area contributed by atoms with Crippen molar-refractivity contribution in [2.45, 2.75) is 123 Å². The molecule has 0 amide bonds. The van der Waals surface area contributed by atoms with Crippen LogP contribution in [0.2, 0.25) is 0 Å². The van der Waals surface area contributed by atoms with Gasteiger partial charge in [0.2, 0.25) is 0 Å². The van der Waals surface area contributed by atoms with Crippen LogP contribution in [-0.2, 0) is 10.7 Å². The van der Waals surface area contributed by atoms with Gasteiger partial charge in [0.05, 0.1) is 11.0 Å². The lowest BCUT2D eigenvalue weighted by molar-refractivity contribution is -0.223. The number of piperidine rings is 1. The van der Waals surface area contributed by atoms with Crippen LogP contribution < -0.4 is 5.32 Å². The van der Waals surface area contributed by atoms with Gasteiger partial charge in [0.25, 0.3) is 0 Å². The summed E-state index contributed by atoms with van der Waals surface area (Å²) >= 11 is 0. The molecule has 5 nitrogen and oxygen atoms in total. The van der Waals surface area contributed by atoms with E-state index in [1.807, 2.05) is 0 Å². The summed E-state index contributed by atoms with van der Waals surface area (Å²) < 4.78 is 22.9. The van der Waals surface area contributed by atoms with Crippen molar-refractivity contribution < 1.29 is 13.5 Å². The van der Waals surface area contributed by atoms with Crippen molar-refractivity contribution in [3.8, 4) is 0 Å². The number of likely N-dealkylation sites (tertiary alicyclic amines) is 1. The van der Waals surface area contributed by atoms with E-state index in [-0.39, 0.29) is 21.6 Å². The Balaban J connectivity index is 1.24. The minimum Gasteiger partial charge on any atom is -0.512 e. The van der Waals surface area contributed by atoms with E-state index in [0.29, 0.717) is 46.2 Å². The highest BCUT2D eigenvalue weighted by atomic mass is 32.2. The molecule has 0 unspecified atom stereocenters. The second-order valence-electron chi connectivity index (χ2n) is 17.1. The summed E-state index contributed by atoms with van der Waals surface area (Å²) in [5.74, 6) is 3.85. The van der Waals surface area contributed by atoms with Crippen molar-refractivity contribution in [1.29, 1.82) is 0 Å². The maximum absolute atomic E-state index is 11.5. The lowest BCUT2D eigenvalue weighted by Gasteiger charge is -2.72. The van der Waals surface area contributed by atoms with Crippen molar-refractivity contribution in [2.24, 2.45) is 51.2 Å². The number of hydrogen-bond acceptors (Lipinski definition) is 5. The molecule has 0 aromatic rings. The van der Waals surface area contributed by atoms with Crippen LogP contribution in [0.4, 0.5) is 0 Å². The van der Waals surface area contributed by atoms with Gasteiger partial charge >= 0.3 is 0 Å². The quantitative estimate of drug-likeness (QED) is 0.224. The molecule has 5 fully saturated rings. The summed E-state index contributed by atoms with van der Waals surface area (Å²) in [6.45, 7) is 23.3. The number of nitrogens with zero attached hydrogens (tertiary/aromatic N) is 1. The number of nitrogens with one attached hydrogen (secondary N) is 1. The molecule has 0 spiro atoms. The summed E-state index contributed by atoms with van der Waals surface area (Å²) in [5.41, 5.74) is 2.35. The van der Waals surface area contributed by atoms with Gasteiger partial charge in [-0.2, -0.15) is 0 Å². The number of fused-ring (bicyclic) bond motifs is 7. The third-order valence-electron chi connectivity index (χ3n) is 15.4. The zero-order chi connectivity index (χ0) is 30.3. The Morgan fingerprint density at radius 2 is 1.67 bits per heavy atom. The van der Waals surface area contributed by atoms with E-state index in [1.165, 1.54) is 56.9 Å². The molecule has 2 N–H and O–H groups in total. The first-order valence-electron chi connectivity index (χ1n) is 17.4. The molecular formula is C36H60N2O3S. The van der Waals surface area contributed by atoms with Gasteiger partial charge in [-0.1, -0.05) is 46.8 Å². The molecule has 1 saturated heterocycles. The molecule has 0 radical (unpaired) electrons. The predicted molar refractivity (Wildman–Crippen MR) is 173 cm³/mol. The largest absolute Gasteiger partial charge is 0.512 e. The number of rotatable bonds is 6. The van der Waals surface area contributed by atoms with Crippen LogP contribution >= 0.6 is 0 Å². The van der Waals surface area contributed by atoms with Gasteiger partial charge < -0.3 is 15.3 Å². The van der Waals surface area contributed by atoms with Gasteiger partial charge in [-0.3, -0.25) is 0 Å². The fourth-order valence-corrected chi connectivity index (χ4v) is 13.5.